The van der Waals surface area contributed by atoms with Gasteiger partial charge in [0, 0.05) is 30.9 Å². The number of aryl methyl sites for hydroxylation is 1. The fourth-order valence-corrected chi connectivity index (χ4v) is 2.45. The van der Waals surface area contributed by atoms with Gasteiger partial charge in [-0.2, -0.15) is 5.10 Å². The first-order chi connectivity index (χ1) is 9.56. The van der Waals surface area contributed by atoms with Crippen LogP contribution in [-0.2, 0) is 7.05 Å². The van der Waals surface area contributed by atoms with Gasteiger partial charge in [0.25, 0.3) is 5.91 Å². The molecule has 1 amide bonds. The van der Waals surface area contributed by atoms with Crippen LogP contribution in [-0.4, -0.2) is 39.1 Å². The molecule has 4 nitrogen and oxygen atoms in total. The molecule has 0 aliphatic carbocycles. The summed E-state index contributed by atoms with van der Waals surface area (Å²) in [5, 5.41) is 5.29. The highest BCUT2D eigenvalue weighted by Crippen LogP contribution is 2.20. The quantitative estimate of drug-likeness (QED) is 0.795. The zero-order chi connectivity index (χ0) is 14.7. The average molecular weight is 294 g/mol. The molecule has 0 spiro atoms. The van der Waals surface area contributed by atoms with Gasteiger partial charge in [-0.05, 0) is 26.3 Å². The molecule has 20 heavy (non-hydrogen) atoms. The van der Waals surface area contributed by atoms with Crippen LogP contribution in [0, 0.1) is 0 Å². The molecule has 0 saturated carbocycles. The molecule has 0 atom stereocenters. The number of carbonyl (C=O) groups excluding carboxylic acids is 1. The van der Waals surface area contributed by atoms with Crippen molar-refractivity contribution in [3.63, 3.8) is 0 Å². The predicted molar refractivity (Wildman–Crippen MR) is 82.2 cm³/mol. The summed E-state index contributed by atoms with van der Waals surface area (Å²) < 4.78 is 1.75. The highest BCUT2D eigenvalue weighted by molar-refractivity contribution is 6.17. The SMILES string of the molecule is CC(C)N(CCCCl)C(=O)c1nn(C)c2ccccc12. The van der Waals surface area contributed by atoms with Gasteiger partial charge in [0.15, 0.2) is 5.69 Å². The highest BCUT2D eigenvalue weighted by atomic mass is 35.5. The first-order valence-electron chi connectivity index (χ1n) is 6.85. The molecular formula is C15H20ClN3O. The topological polar surface area (TPSA) is 38.1 Å². The molecule has 0 N–H and O–H groups in total. The second kappa shape index (κ2) is 6.27. The molecule has 0 fully saturated rings. The maximum Gasteiger partial charge on any atom is 0.275 e. The molecule has 5 heteroatoms. The number of nitrogens with zero attached hydrogens (tertiary/aromatic N) is 3. The minimum absolute atomic E-state index is 0.0260. The lowest BCUT2D eigenvalue weighted by atomic mass is 10.1. The monoisotopic (exact) mass is 293 g/mol. The Balaban J connectivity index is 2.39. The summed E-state index contributed by atoms with van der Waals surface area (Å²) in [6.45, 7) is 4.68. The summed E-state index contributed by atoms with van der Waals surface area (Å²) in [6, 6.07) is 7.92. The Morgan fingerprint density at radius 1 is 1.40 bits per heavy atom. The van der Waals surface area contributed by atoms with E-state index in [0.717, 1.165) is 17.3 Å². The lowest BCUT2D eigenvalue weighted by Crippen LogP contribution is -2.38. The molecular weight excluding hydrogens is 274 g/mol. The van der Waals surface area contributed by atoms with Gasteiger partial charge in [0.05, 0.1) is 5.52 Å². The van der Waals surface area contributed by atoms with Crippen LogP contribution in [0.3, 0.4) is 0 Å². The number of benzene rings is 1. The number of para-hydroxylation sites is 1. The zero-order valence-corrected chi connectivity index (χ0v) is 12.9. The fourth-order valence-electron chi connectivity index (χ4n) is 2.33. The molecule has 0 radical (unpaired) electrons. The number of halogens is 1. The van der Waals surface area contributed by atoms with Gasteiger partial charge in [-0.25, -0.2) is 0 Å². The average Bonchev–Trinajstić information content (AvgIpc) is 2.77. The van der Waals surface area contributed by atoms with Crippen LogP contribution in [0.1, 0.15) is 30.8 Å². The van der Waals surface area contributed by atoms with Crippen molar-refractivity contribution in [2.45, 2.75) is 26.3 Å². The van der Waals surface area contributed by atoms with E-state index < -0.39 is 0 Å². The van der Waals surface area contributed by atoms with Crippen molar-refractivity contribution in [3.8, 4) is 0 Å². The lowest BCUT2D eigenvalue weighted by Gasteiger charge is -2.25. The second-order valence-electron chi connectivity index (χ2n) is 5.12. The standard InChI is InChI=1S/C15H20ClN3O/c1-11(2)19(10-6-9-16)15(20)14-12-7-4-5-8-13(12)18(3)17-14/h4-5,7-8,11H,6,9-10H2,1-3H3. The van der Waals surface area contributed by atoms with E-state index in [-0.39, 0.29) is 11.9 Å². The van der Waals surface area contributed by atoms with Gasteiger partial charge < -0.3 is 4.90 Å². The smallest absolute Gasteiger partial charge is 0.275 e. The van der Waals surface area contributed by atoms with Crippen LogP contribution in [0.25, 0.3) is 10.9 Å². The van der Waals surface area contributed by atoms with Gasteiger partial charge in [0.2, 0.25) is 0 Å². The van der Waals surface area contributed by atoms with Crippen molar-refractivity contribution in [2.75, 3.05) is 12.4 Å². The Hall–Kier alpha value is -1.55. The van der Waals surface area contributed by atoms with Gasteiger partial charge in [0.1, 0.15) is 0 Å². The molecule has 1 heterocycles. The Kier molecular flexibility index (Phi) is 4.65. The number of fused-ring (bicyclic) bond motifs is 1. The number of amides is 1. The van der Waals surface area contributed by atoms with Crippen LogP contribution >= 0.6 is 11.6 Å². The number of alkyl halides is 1. The van der Waals surface area contributed by atoms with Crippen molar-refractivity contribution >= 4 is 28.4 Å². The third kappa shape index (κ3) is 2.80. The van der Waals surface area contributed by atoms with Crippen molar-refractivity contribution in [1.82, 2.24) is 14.7 Å². The highest BCUT2D eigenvalue weighted by Gasteiger charge is 2.23. The van der Waals surface area contributed by atoms with Crippen molar-refractivity contribution in [1.29, 1.82) is 0 Å². The maximum absolute atomic E-state index is 12.7. The normalized spacial score (nSPS) is 11.2. The minimum atomic E-state index is -0.0260. The van der Waals surface area contributed by atoms with Crippen LogP contribution in [0.2, 0.25) is 0 Å². The molecule has 0 bridgehead atoms. The Labute approximate surface area is 124 Å². The largest absolute Gasteiger partial charge is 0.335 e. The van der Waals surface area contributed by atoms with E-state index >= 15 is 0 Å². The first kappa shape index (κ1) is 14.9. The summed E-state index contributed by atoms with van der Waals surface area (Å²) in [7, 11) is 1.86. The van der Waals surface area contributed by atoms with E-state index in [9.17, 15) is 4.79 Å². The molecule has 0 aliphatic heterocycles. The molecule has 1 aromatic heterocycles. The van der Waals surface area contributed by atoms with Crippen LogP contribution in [0.4, 0.5) is 0 Å². The molecule has 108 valence electrons. The summed E-state index contributed by atoms with van der Waals surface area (Å²) in [6.07, 6.45) is 0.788. The van der Waals surface area contributed by atoms with Gasteiger partial charge >= 0.3 is 0 Å². The summed E-state index contributed by atoms with van der Waals surface area (Å²) >= 11 is 5.74. The van der Waals surface area contributed by atoms with E-state index in [4.69, 9.17) is 11.6 Å². The Bertz CT molecular complexity index is 606. The van der Waals surface area contributed by atoms with Crippen LogP contribution < -0.4 is 0 Å². The molecule has 0 saturated heterocycles. The van der Waals surface area contributed by atoms with Crippen molar-refractivity contribution < 1.29 is 4.79 Å². The van der Waals surface area contributed by atoms with E-state index in [1.807, 2.05) is 50.1 Å². The summed E-state index contributed by atoms with van der Waals surface area (Å²) in [4.78, 5) is 14.6. The zero-order valence-electron chi connectivity index (χ0n) is 12.1. The van der Waals surface area contributed by atoms with Crippen molar-refractivity contribution in [2.24, 2.45) is 7.05 Å². The Morgan fingerprint density at radius 2 is 2.10 bits per heavy atom. The number of carbonyl (C=O) groups is 1. The molecule has 2 rings (SSSR count). The van der Waals surface area contributed by atoms with Crippen LogP contribution in [0.15, 0.2) is 24.3 Å². The number of aromatic nitrogens is 2. The molecule has 0 unspecified atom stereocenters. The Morgan fingerprint density at radius 3 is 2.75 bits per heavy atom. The molecule has 2 aromatic rings. The lowest BCUT2D eigenvalue weighted by molar-refractivity contribution is 0.0701. The number of rotatable bonds is 5. The second-order valence-corrected chi connectivity index (χ2v) is 5.50. The third-order valence-electron chi connectivity index (χ3n) is 3.38. The minimum Gasteiger partial charge on any atom is -0.335 e. The maximum atomic E-state index is 12.7. The summed E-state index contributed by atoms with van der Waals surface area (Å²) in [5.41, 5.74) is 1.49. The molecule has 0 aliphatic rings. The van der Waals surface area contributed by atoms with E-state index in [2.05, 4.69) is 5.10 Å². The van der Waals surface area contributed by atoms with E-state index in [1.165, 1.54) is 0 Å². The van der Waals surface area contributed by atoms with Gasteiger partial charge in [-0.3, -0.25) is 9.48 Å². The molecule has 1 aromatic carbocycles. The number of hydrogen-bond acceptors (Lipinski definition) is 2. The predicted octanol–water partition coefficient (Wildman–Crippen LogP) is 3.05. The third-order valence-corrected chi connectivity index (χ3v) is 3.64. The first-order valence-corrected chi connectivity index (χ1v) is 7.38. The van der Waals surface area contributed by atoms with E-state index in [0.29, 0.717) is 18.1 Å². The van der Waals surface area contributed by atoms with Gasteiger partial charge in [-0.1, -0.05) is 18.2 Å². The van der Waals surface area contributed by atoms with E-state index in [1.54, 1.807) is 4.68 Å². The fraction of sp³-hybridized carbons (Fsp3) is 0.467. The summed E-state index contributed by atoms with van der Waals surface area (Å²) in [5.74, 6) is 0.529. The number of hydrogen-bond donors (Lipinski definition) is 0. The van der Waals surface area contributed by atoms with Crippen molar-refractivity contribution in [3.05, 3.63) is 30.0 Å². The van der Waals surface area contributed by atoms with Crippen LogP contribution in [0.5, 0.6) is 0 Å². The van der Waals surface area contributed by atoms with Gasteiger partial charge in [-0.15, -0.1) is 11.6 Å².